The SMILES string of the molecule is N#Cc1nc(Cl)c(-c2cccc(F)c2)nc1C#N. The maximum atomic E-state index is 13.1. The van der Waals surface area contributed by atoms with Crippen LogP contribution in [-0.2, 0) is 0 Å². The van der Waals surface area contributed by atoms with Crippen LogP contribution in [0, 0.1) is 28.5 Å². The summed E-state index contributed by atoms with van der Waals surface area (Å²) >= 11 is 5.87. The molecule has 1 aromatic carbocycles. The van der Waals surface area contributed by atoms with Crippen LogP contribution in [0.4, 0.5) is 4.39 Å². The van der Waals surface area contributed by atoms with Gasteiger partial charge >= 0.3 is 0 Å². The fourth-order valence-corrected chi connectivity index (χ4v) is 1.63. The summed E-state index contributed by atoms with van der Waals surface area (Å²) in [5.41, 5.74) is 0.282. The Balaban J connectivity index is 2.67. The molecule has 6 heteroatoms. The Morgan fingerprint density at radius 2 is 1.78 bits per heavy atom. The number of aromatic nitrogens is 2. The quantitative estimate of drug-likeness (QED) is 0.788. The molecule has 0 fully saturated rings. The maximum Gasteiger partial charge on any atom is 0.178 e. The zero-order chi connectivity index (χ0) is 13.1. The van der Waals surface area contributed by atoms with Crippen molar-refractivity contribution in [3.8, 4) is 23.4 Å². The summed E-state index contributed by atoms with van der Waals surface area (Å²) in [6, 6.07) is 9.06. The predicted molar refractivity (Wildman–Crippen MR) is 61.9 cm³/mol. The fraction of sp³-hybridized carbons (Fsp3) is 0. The third-order valence-electron chi connectivity index (χ3n) is 2.16. The average Bonchev–Trinajstić information content (AvgIpc) is 2.38. The standard InChI is InChI=1S/C12H4ClFN4/c13-12-11(7-2-1-3-8(14)4-7)17-9(5-15)10(6-16)18-12/h1-4H. The lowest BCUT2D eigenvalue weighted by Crippen LogP contribution is -1.98. The number of nitrogens with zero attached hydrogens (tertiary/aromatic N) is 4. The molecule has 0 aliphatic heterocycles. The minimum absolute atomic E-state index is 0.0452. The topological polar surface area (TPSA) is 73.4 Å². The van der Waals surface area contributed by atoms with Gasteiger partial charge in [0.2, 0.25) is 0 Å². The van der Waals surface area contributed by atoms with Gasteiger partial charge in [-0.15, -0.1) is 0 Å². The Bertz CT molecular complexity index is 700. The number of hydrogen-bond acceptors (Lipinski definition) is 4. The largest absolute Gasteiger partial charge is 0.231 e. The Morgan fingerprint density at radius 1 is 1.11 bits per heavy atom. The molecular weight excluding hydrogens is 255 g/mol. The van der Waals surface area contributed by atoms with E-state index in [-0.39, 0.29) is 22.2 Å². The van der Waals surface area contributed by atoms with Gasteiger partial charge in [-0.2, -0.15) is 10.5 Å². The van der Waals surface area contributed by atoms with E-state index in [9.17, 15) is 4.39 Å². The van der Waals surface area contributed by atoms with Crippen LogP contribution < -0.4 is 0 Å². The Morgan fingerprint density at radius 3 is 2.39 bits per heavy atom. The van der Waals surface area contributed by atoms with E-state index in [1.54, 1.807) is 18.2 Å². The third kappa shape index (κ3) is 2.13. The second kappa shape index (κ2) is 4.79. The predicted octanol–water partition coefficient (Wildman–Crippen LogP) is 2.68. The van der Waals surface area contributed by atoms with Crippen LogP contribution in [0.2, 0.25) is 5.15 Å². The molecular formula is C12H4ClFN4. The van der Waals surface area contributed by atoms with Gasteiger partial charge in [0.1, 0.15) is 23.6 Å². The molecule has 86 valence electrons. The Labute approximate surface area is 107 Å². The molecule has 1 aromatic heterocycles. The molecule has 0 aliphatic rings. The molecule has 0 spiro atoms. The molecule has 0 radical (unpaired) electrons. The summed E-state index contributed by atoms with van der Waals surface area (Å²) in [6.45, 7) is 0. The van der Waals surface area contributed by atoms with Crippen molar-refractivity contribution in [2.75, 3.05) is 0 Å². The summed E-state index contributed by atoms with van der Waals surface area (Å²) in [5, 5.41) is 17.6. The first kappa shape index (κ1) is 12.0. The smallest absolute Gasteiger partial charge is 0.178 e. The number of nitriles is 2. The van der Waals surface area contributed by atoms with Gasteiger partial charge in [-0.3, -0.25) is 0 Å². The highest BCUT2D eigenvalue weighted by molar-refractivity contribution is 6.31. The second-order valence-electron chi connectivity index (χ2n) is 3.29. The lowest BCUT2D eigenvalue weighted by atomic mass is 10.1. The molecule has 0 saturated carbocycles. The lowest BCUT2D eigenvalue weighted by molar-refractivity contribution is 0.628. The molecule has 0 unspecified atom stereocenters. The zero-order valence-corrected chi connectivity index (χ0v) is 9.61. The van der Waals surface area contributed by atoms with Gasteiger partial charge in [-0.1, -0.05) is 23.7 Å². The van der Waals surface area contributed by atoms with Crippen LogP contribution in [0.25, 0.3) is 11.3 Å². The van der Waals surface area contributed by atoms with Crippen LogP contribution in [-0.4, -0.2) is 9.97 Å². The Kier molecular flexibility index (Phi) is 3.18. The molecule has 2 rings (SSSR count). The van der Waals surface area contributed by atoms with Gasteiger partial charge < -0.3 is 0 Å². The van der Waals surface area contributed by atoms with E-state index in [2.05, 4.69) is 9.97 Å². The molecule has 1 heterocycles. The van der Waals surface area contributed by atoms with Crippen molar-refractivity contribution in [2.45, 2.75) is 0 Å². The summed E-state index contributed by atoms with van der Waals surface area (Å²) in [4.78, 5) is 7.69. The molecule has 2 aromatic rings. The minimum Gasteiger partial charge on any atom is -0.231 e. The van der Waals surface area contributed by atoms with Crippen molar-refractivity contribution in [2.24, 2.45) is 0 Å². The van der Waals surface area contributed by atoms with Crippen molar-refractivity contribution in [1.29, 1.82) is 10.5 Å². The fourth-order valence-electron chi connectivity index (χ4n) is 1.39. The monoisotopic (exact) mass is 258 g/mol. The van der Waals surface area contributed by atoms with E-state index in [0.717, 1.165) is 0 Å². The first-order valence-corrected chi connectivity index (χ1v) is 5.17. The van der Waals surface area contributed by atoms with E-state index in [4.69, 9.17) is 22.1 Å². The van der Waals surface area contributed by atoms with Crippen molar-refractivity contribution in [3.05, 3.63) is 46.6 Å². The van der Waals surface area contributed by atoms with Gasteiger partial charge in [-0.05, 0) is 12.1 Å². The van der Waals surface area contributed by atoms with Crippen LogP contribution >= 0.6 is 11.6 Å². The highest BCUT2D eigenvalue weighted by atomic mass is 35.5. The van der Waals surface area contributed by atoms with E-state index < -0.39 is 5.82 Å². The maximum absolute atomic E-state index is 13.1. The van der Waals surface area contributed by atoms with Crippen molar-refractivity contribution < 1.29 is 4.39 Å². The van der Waals surface area contributed by atoms with Crippen LogP contribution in [0.5, 0.6) is 0 Å². The summed E-state index contributed by atoms with van der Waals surface area (Å²) in [7, 11) is 0. The molecule has 18 heavy (non-hydrogen) atoms. The second-order valence-corrected chi connectivity index (χ2v) is 3.65. The molecule has 0 bridgehead atoms. The highest BCUT2D eigenvalue weighted by Gasteiger charge is 2.13. The number of rotatable bonds is 1. The minimum atomic E-state index is -0.451. The van der Waals surface area contributed by atoms with Crippen LogP contribution in [0.15, 0.2) is 24.3 Å². The van der Waals surface area contributed by atoms with Gasteiger partial charge in [0.05, 0.1) is 0 Å². The van der Waals surface area contributed by atoms with Crippen molar-refractivity contribution >= 4 is 11.6 Å². The number of halogens is 2. The highest BCUT2D eigenvalue weighted by Crippen LogP contribution is 2.25. The van der Waals surface area contributed by atoms with Crippen molar-refractivity contribution in [3.63, 3.8) is 0 Å². The molecule has 0 aliphatic carbocycles. The average molecular weight is 259 g/mol. The molecule has 0 saturated heterocycles. The lowest BCUT2D eigenvalue weighted by Gasteiger charge is -2.04. The van der Waals surface area contributed by atoms with Gasteiger partial charge in [0.25, 0.3) is 0 Å². The zero-order valence-electron chi connectivity index (χ0n) is 8.85. The molecule has 4 nitrogen and oxygen atoms in total. The summed E-state index contributed by atoms with van der Waals surface area (Å²) < 4.78 is 13.1. The number of hydrogen-bond donors (Lipinski definition) is 0. The molecule has 0 amide bonds. The normalized spacial score (nSPS) is 9.56. The van der Waals surface area contributed by atoms with Crippen molar-refractivity contribution in [1.82, 2.24) is 9.97 Å². The molecule has 0 N–H and O–H groups in total. The first-order chi connectivity index (χ1) is 8.65. The molecule has 0 atom stereocenters. The van der Waals surface area contributed by atoms with E-state index >= 15 is 0 Å². The van der Waals surface area contributed by atoms with Gasteiger partial charge in [-0.25, -0.2) is 14.4 Å². The van der Waals surface area contributed by atoms with Gasteiger partial charge in [0, 0.05) is 5.56 Å². The number of benzene rings is 1. The van der Waals surface area contributed by atoms with E-state index in [0.29, 0.717) is 5.56 Å². The Hall–Kier alpha value is -2.50. The van der Waals surface area contributed by atoms with Crippen LogP contribution in [0.1, 0.15) is 11.4 Å². The first-order valence-electron chi connectivity index (χ1n) is 4.79. The van der Waals surface area contributed by atoms with E-state index in [1.807, 2.05) is 0 Å². The summed E-state index contributed by atoms with van der Waals surface area (Å²) in [6.07, 6.45) is 0. The van der Waals surface area contributed by atoms with Crippen LogP contribution in [0.3, 0.4) is 0 Å². The third-order valence-corrected chi connectivity index (χ3v) is 2.43. The van der Waals surface area contributed by atoms with E-state index in [1.165, 1.54) is 18.2 Å². The van der Waals surface area contributed by atoms with Gasteiger partial charge in [0.15, 0.2) is 16.5 Å². The summed E-state index contributed by atoms with van der Waals surface area (Å²) in [5.74, 6) is -0.451.